The molecule has 0 fully saturated rings. The molecule has 0 atom stereocenters. The Bertz CT molecular complexity index is 257. The van der Waals surface area contributed by atoms with Crippen LogP contribution in [0.15, 0.2) is 44.2 Å². The third kappa shape index (κ3) is 4.46. The van der Waals surface area contributed by atoms with E-state index in [2.05, 4.69) is 36.5 Å². The van der Waals surface area contributed by atoms with Gasteiger partial charge in [-0.25, -0.2) is 0 Å². The van der Waals surface area contributed by atoms with Crippen LogP contribution in [0, 0.1) is 0 Å². The van der Waals surface area contributed by atoms with Gasteiger partial charge in [0.1, 0.15) is 0 Å². The average Bonchev–Trinajstić information content (AvgIpc) is 2.79. The zero-order chi connectivity index (χ0) is 10.2. The number of allylic oxidation sites excluding steroid dienone is 8. The van der Waals surface area contributed by atoms with Crippen molar-refractivity contribution in [2.75, 3.05) is 5.88 Å². The van der Waals surface area contributed by atoms with Crippen LogP contribution in [0.3, 0.4) is 0 Å². The van der Waals surface area contributed by atoms with E-state index in [-0.39, 0.29) is 19.2 Å². The number of alkyl halides is 1. The van der Waals surface area contributed by atoms with E-state index in [1.807, 2.05) is 6.92 Å². The Morgan fingerprint density at radius 3 is 1.86 bits per heavy atom. The van der Waals surface area contributed by atoms with Gasteiger partial charge in [0.15, 0.2) is 0 Å². The molecule has 2 aliphatic rings. The van der Waals surface area contributed by atoms with Gasteiger partial charge in [0.05, 0.1) is 0 Å². The predicted molar refractivity (Wildman–Crippen MR) is 60.1 cm³/mol. The molecule has 2 rings (SSSR count). The Morgan fingerprint density at radius 1 is 1.14 bits per heavy atom. The molecule has 0 aliphatic heterocycles. The second-order valence-electron chi connectivity index (χ2n) is 3.04. The van der Waals surface area contributed by atoms with Crippen molar-refractivity contribution in [3.8, 4) is 0 Å². The molecule has 0 saturated carbocycles. The van der Waals surface area contributed by atoms with Gasteiger partial charge in [-0.2, -0.15) is 0 Å². The molecule has 2 aliphatic carbocycles. The van der Waals surface area contributed by atoms with Gasteiger partial charge in [0.25, 0.3) is 0 Å². The molecule has 0 N–H and O–H groups in total. The van der Waals surface area contributed by atoms with E-state index in [1.165, 1.54) is 12.8 Å². The smallest absolute Gasteiger partial charge is 0.0195 e. The summed E-state index contributed by atoms with van der Waals surface area (Å²) in [6.45, 7) is 1.89. The van der Waals surface area contributed by atoms with E-state index in [0.717, 1.165) is 5.88 Å². The van der Waals surface area contributed by atoms with Crippen molar-refractivity contribution in [1.29, 1.82) is 0 Å². The minimum absolute atomic E-state index is 0.0833. The second kappa shape index (κ2) is 7.28. The van der Waals surface area contributed by atoms with E-state index in [4.69, 9.17) is 11.6 Å². The standard InChI is InChI=1S/2C5H5.C2H5Cl.Ti/c2*1-2-4-5-3-1;1-2-3;/h2*1-3H,4H2;2H2,1H3;. The van der Waals surface area contributed by atoms with Crippen LogP contribution in [0.2, 0.25) is 0 Å². The maximum atomic E-state index is 5.00. The van der Waals surface area contributed by atoms with Crippen molar-refractivity contribution >= 4 is 11.6 Å². The molecule has 0 amide bonds. The topological polar surface area (TPSA) is 0 Å². The van der Waals surface area contributed by atoms with Crippen LogP contribution in [0.1, 0.15) is 19.8 Å². The molecule has 0 unspecified atom stereocenters. The molecule has 0 aromatic heterocycles. The van der Waals surface area contributed by atoms with Crippen LogP contribution < -0.4 is 0 Å². The van der Waals surface area contributed by atoms with Gasteiger partial charge < -0.3 is 0 Å². The van der Waals surface area contributed by atoms with Gasteiger partial charge in [-0.05, 0) is 0 Å². The quantitative estimate of drug-likeness (QED) is 0.507. The van der Waals surface area contributed by atoms with Crippen molar-refractivity contribution in [1.82, 2.24) is 0 Å². The summed E-state index contributed by atoms with van der Waals surface area (Å²) in [7, 11) is 0. The third-order valence-corrected chi connectivity index (χ3v) is 4.02. The average molecular weight is 243 g/mol. The van der Waals surface area contributed by atoms with Gasteiger partial charge in [-0.15, -0.1) is 11.6 Å². The van der Waals surface area contributed by atoms with E-state index < -0.39 is 0 Å². The largest absolute Gasteiger partial charge is 0.127 e. The first-order chi connectivity index (χ1) is 6.86. The molecule has 2 heteroatoms. The van der Waals surface area contributed by atoms with Crippen LogP contribution in [-0.4, -0.2) is 5.88 Å². The maximum Gasteiger partial charge on any atom is 0.0195 e. The molecule has 0 spiro atoms. The SMILES string of the molecule is C1=CC[C]([Ti][C]2=CC=CC2)=C1.CCCl. The maximum absolute atomic E-state index is 5.00. The molecule has 0 nitrogen and oxygen atoms in total. The first-order valence-electron chi connectivity index (χ1n) is 4.91. The number of hydrogen-bond donors (Lipinski definition) is 0. The summed E-state index contributed by atoms with van der Waals surface area (Å²) in [5, 5.41) is 0. The first kappa shape index (κ1) is 12.0. The summed E-state index contributed by atoms with van der Waals surface area (Å²) in [4.78, 5) is 0. The Labute approximate surface area is 100 Å². The van der Waals surface area contributed by atoms with Crippen LogP contribution in [0.4, 0.5) is 0 Å². The zero-order valence-electron chi connectivity index (χ0n) is 8.46. The Morgan fingerprint density at radius 2 is 1.57 bits per heavy atom. The minimum atomic E-state index is 0.0833. The molecule has 0 bridgehead atoms. The summed E-state index contributed by atoms with van der Waals surface area (Å²) in [5.74, 6) is 0.722. The summed E-state index contributed by atoms with van der Waals surface area (Å²) < 4.78 is 3.36. The van der Waals surface area contributed by atoms with Crippen LogP contribution in [0.25, 0.3) is 0 Å². The van der Waals surface area contributed by atoms with E-state index >= 15 is 0 Å². The molecule has 14 heavy (non-hydrogen) atoms. The number of halogens is 1. The van der Waals surface area contributed by atoms with Crippen molar-refractivity contribution in [2.45, 2.75) is 19.8 Å². The predicted octanol–water partition coefficient (Wildman–Crippen LogP) is 4.00. The molecule has 0 saturated heterocycles. The van der Waals surface area contributed by atoms with Gasteiger partial charge in [-0.1, -0.05) is 6.92 Å². The third-order valence-electron chi connectivity index (χ3n) is 1.86. The van der Waals surface area contributed by atoms with Crippen molar-refractivity contribution in [2.24, 2.45) is 0 Å². The Hall–Kier alpha value is -0.0357. The molecular weight excluding hydrogens is 227 g/mol. The monoisotopic (exact) mass is 242 g/mol. The molecule has 0 heterocycles. The van der Waals surface area contributed by atoms with Crippen molar-refractivity contribution in [3.63, 3.8) is 0 Å². The van der Waals surface area contributed by atoms with E-state index in [9.17, 15) is 0 Å². The van der Waals surface area contributed by atoms with Crippen LogP contribution in [-0.2, 0) is 19.2 Å². The Kier molecular flexibility index (Phi) is 6.26. The fourth-order valence-corrected chi connectivity index (χ4v) is 3.18. The zero-order valence-corrected chi connectivity index (χ0v) is 10.8. The molecule has 74 valence electrons. The summed E-state index contributed by atoms with van der Waals surface area (Å²) >= 11 is 5.08. The van der Waals surface area contributed by atoms with Gasteiger partial charge in [0.2, 0.25) is 0 Å². The molecular formula is C12H15ClTi. The van der Waals surface area contributed by atoms with E-state index in [0.29, 0.717) is 0 Å². The molecule has 0 radical (unpaired) electrons. The van der Waals surface area contributed by atoms with E-state index in [1.54, 1.807) is 7.76 Å². The van der Waals surface area contributed by atoms with Gasteiger partial charge in [-0.3, -0.25) is 0 Å². The van der Waals surface area contributed by atoms with Gasteiger partial charge in [0, 0.05) is 5.88 Å². The first-order valence-corrected chi connectivity index (χ1v) is 7.00. The normalized spacial score (nSPS) is 17.3. The number of hydrogen-bond acceptors (Lipinski definition) is 0. The fourth-order valence-electron chi connectivity index (χ4n) is 1.29. The fraction of sp³-hybridized carbons (Fsp3) is 0.333. The van der Waals surface area contributed by atoms with Crippen LogP contribution in [0.5, 0.6) is 0 Å². The second-order valence-corrected chi connectivity index (χ2v) is 5.97. The summed E-state index contributed by atoms with van der Waals surface area (Å²) in [6, 6.07) is 0. The minimum Gasteiger partial charge on any atom is -0.127 e. The Balaban J connectivity index is 0.000000293. The summed E-state index contributed by atoms with van der Waals surface area (Å²) in [6.07, 6.45) is 15.9. The van der Waals surface area contributed by atoms with Crippen LogP contribution >= 0.6 is 11.6 Å². The molecule has 0 aromatic rings. The number of rotatable bonds is 2. The molecule has 0 aromatic carbocycles. The van der Waals surface area contributed by atoms with Gasteiger partial charge >= 0.3 is 76.2 Å². The summed E-state index contributed by atoms with van der Waals surface area (Å²) in [5.41, 5.74) is 0. The van der Waals surface area contributed by atoms with Crippen molar-refractivity contribution in [3.05, 3.63) is 44.2 Å². The van der Waals surface area contributed by atoms with Crippen molar-refractivity contribution < 1.29 is 19.2 Å².